The van der Waals surface area contributed by atoms with E-state index in [-0.39, 0.29) is 18.1 Å². The summed E-state index contributed by atoms with van der Waals surface area (Å²) < 4.78 is 2.68. The predicted molar refractivity (Wildman–Crippen MR) is 108 cm³/mol. The summed E-state index contributed by atoms with van der Waals surface area (Å²) in [6.07, 6.45) is 5.92. The van der Waals surface area contributed by atoms with E-state index in [0.717, 1.165) is 35.0 Å². The predicted octanol–water partition coefficient (Wildman–Crippen LogP) is 2.30. The fourth-order valence-corrected chi connectivity index (χ4v) is 4.99. The molecule has 142 valence electrons. The Morgan fingerprint density at radius 2 is 2.00 bits per heavy atom. The van der Waals surface area contributed by atoms with Crippen molar-refractivity contribution in [2.75, 3.05) is 0 Å². The van der Waals surface area contributed by atoms with Crippen molar-refractivity contribution in [1.29, 1.82) is 0 Å². The van der Waals surface area contributed by atoms with Crippen molar-refractivity contribution >= 4 is 33.1 Å². The van der Waals surface area contributed by atoms with Gasteiger partial charge in [0.15, 0.2) is 5.65 Å². The van der Waals surface area contributed by atoms with Crippen LogP contribution in [0.15, 0.2) is 41.5 Å². The van der Waals surface area contributed by atoms with Crippen LogP contribution >= 0.6 is 11.3 Å². The summed E-state index contributed by atoms with van der Waals surface area (Å²) >= 11 is 1.69. The van der Waals surface area contributed by atoms with Crippen molar-refractivity contribution in [1.82, 2.24) is 24.5 Å². The van der Waals surface area contributed by atoms with Gasteiger partial charge in [-0.2, -0.15) is 0 Å². The van der Waals surface area contributed by atoms with Crippen molar-refractivity contribution < 1.29 is 4.79 Å². The first-order chi connectivity index (χ1) is 13.7. The maximum atomic E-state index is 12.7. The summed E-state index contributed by atoms with van der Waals surface area (Å²) in [5.74, 6) is -0.245. The van der Waals surface area contributed by atoms with Gasteiger partial charge >= 0.3 is 5.69 Å². The van der Waals surface area contributed by atoms with Crippen molar-refractivity contribution in [3.63, 3.8) is 0 Å². The molecule has 0 radical (unpaired) electrons. The van der Waals surface area contributed by atoms with Crippen molar-refractivity contribution in [3.05, 3.63) is 63.1 Å². The second kappa shape index (κ2) is 6.87. The first-order valence-corrected chi connectivity index (χ1v) is 10.2. The molecule has 4 aromatic rings. The minimum atomic E-state index is -0.338. The zero-order valence-electron chi connectivity index (χ0n) is 15.2. The largest absolute Gasteiger partial charge is 0.352 e. The van der Waals surface area contributed by atoms with Gasteiger partial charge in [0.1, 0.15) is 17.7 Å². The molecule has 1 aliphatic carbocycles. The number of nitrogens with one attached hydrogen (secondary N) is 1. The van der Waals surface area contributed by atoms with Crippen LogP contribution < -0.4 is 11.0 Å². The van der Waals surface area contributed by atoms with Crippen molar-refractivity contribution in [2.24, 2.45) is 0 Å². The highest BCUT2D eigenvalue weighted by Crippen LogP contribution is 2.36. The lowest BCUT2D eigenvalue weighted by Crippen LogP contribution is -2.32. The zero-order chi connectivity index (χ0) is 19.1. The highest BCUT2D eigenvalue weighted by atomic mass is 32.1. The van der Waals surface area contributed by atoms with Gasteiger partial charge in [-0.05, 0) is 36.8 Å². The van der Waals surface area contributed by atoms with Crippen LogP contribution in [0.4, 0.5) is 0 Å². The van der Waals surface area contributed by atoms with Crippen LogP contribution in [0, 0.1) is 0 Å². The minimum Gasteiger partial charge on any atom is -0.350 e. The van der Waals surface area contributed by atoms with Gasteiger partial charge in [0.2, 0.25) is 5.91 Å². The molecule has 3 heterocycles. The van der Waals surface area contributed by atoms with Crippen LogP contribution in [0.2, 0.25) is 0 Å². The molecule has 0 unspecified atom stereocenters. The third kappa shape index (κ3) is 2.90. The molecule has 0 saturated carbocycles. The molecular formula is C20H19N5O2S. The average Bonchev–Trinajstić information content (AvgIpc) is 3.25. The fraction of sp³-hybridized carbons (Fsp3) is 0.300. The smallest absolute Gasteiger partial charge is 0.350 e. The molecule has 0 aliphatic heterocycles. The minimum absolute atomic E-state index is 0.110. The Balaban J connectivity index is 1.46. The van der Waals surface area contributed by atoms with E-state index in [1.807, 2.05) is 30.3 Å². The third-order valence-corrected chi connectivity index (χ3v) is 6.36. The molecular weight excluding hydrogens is 374 g/mol. The normalized spacial score (nSPS) is 13.7. The van der Waals surface area contributed by atoms with Gasteiger partial charge in [-0.1, -0.05) is 30.3 Å². The van der Waals surface area contributed by atoms with E-state index in [2.05, 4.69) is 15.4 Å². The van der Waals surface area contributed by atoms with Crippen molar-refractivity contribution in [3.8, 4) is 0 Å². The van der Waals surface area contributed by atoms with E-state index in [4.69, 9.17) is 0 Å². The number of carbonyl (C=O) groups excluding carboxylic acids is 1. The third-order valence-electron chi connectivity index (χ3n) is 5.16. The first kappa shape index (κ1) is 17.1. The lowest BCUT2D eigenvalue weighted by Gasteiger charge is -2.09. The van der Waals surface area contributed by atoms with Gasteiger partial charge in [0, 0.05) is 11.4 Å². The number of hydrogen-bond acceptors (Lipinski definition) is 5. The Morgan fingerprint density at radius 1 is 1.18 bits per heavy atom. The number of benzene rings is 1. The van der Waals surface area contributed by atoms with Gasteiger partial charge < -0.3 is 5.32 Å². The average molecular weight is 393 g/mol. The molecule has 0 saturated heterocycles. The van der Waals surface area contributed by atoms with E-state index in [9.17, 15) is 9.59 Å². The Hall–Kier alpha value is -3.00. The SMILES string of the molecule is O=C(Cn1nc2c3c4c(sc3ncn2c1=O)CCCC4)NCc1ccccc1. The second-order valence-electron chi connectivity index (χ2n) is 7.03. The summed E-state index contributed by atoms with van der Waals surface area (Å²) in [4.78, 5) is 31.8. The molecule has 1 amide bonds. The molecule has 1 aliphatic rings. The maximum absolute atomic E-state index is 12.7. The topological polar surface area (TPSA) is 81.3 Å². The Kier molecular flexibility index (Phi) is 4.20. The number of fused-ring (bicyclic) bond motifs is 5. The maximum Gasteiger partial charge on any atom is 0.352 e. The number of nitrogens with zero attached hydrogens (tertiary/aromatic N) is 4. The fourth-order valence-electron chi connectivity index (χ4n) is 3.77. The molecule has 8 heteroatoms. The van der Waals surface area contributed by atoms with E-state index in [1.54, 1.807) is 11.3 Å². The number of amides is 1. The number of aryl methyl sites for hydroxylation is 2. The van der Waals surface area contributed by atoms with Crippen LogP contribution in [-0.4, -0.2) is 25.1 Å². The molecule has 5 rings (SSSR count). The van der Waals surface area contributed by atoms with Crippen LogP contribution in [0.3, 0.4) is 0 Å². The summed E-state index contributed by atoms with van der Waals surface area (Å²) in [6.45, 7) is 0.312. The number of hydrogen-bond donors (Lipinski definition) is 1. The number of carbonyl (C=O) groups is 1. The molecule has 0 fully saturated rings. The second-order valence-corrected chi connectivity index (χ2v) is 8.12. The van der Waals surface area contributed by atoms with Gasteiger partial charge in [0.25, 0.3) is 0 Å². The summed E-state index contributed by atoms with van der Waals surface area (Å²) in [5, 5.41) is 8.30. The van der Waals surface area contributed by atoms with Crippen LogP contribution in [0.1, 0.15) is 28.8 Å². The first-order valence-electron chi connectivity index (χ1n) is 9.40. The van der Waals surface area contributed by atoms with Crippen molar-refractivity contribution in [2.45, 2.75) is 38.8 Å². The highest BCUT2D eigenvalue weighted by molar-refractivity contribution is 7.19. The van der Waals surface area contributed by atoms with E-state index < -0.39 is 0 Å². The zero-order valence-corrected chi connectivity index (χ0v) is 16.0. The molecule has 0 atom stereocenters. The standard InChI is InChI=1S/C20H19N5O2S/c26-16(21-10-13-6-2-1-3-7-13)11-25-20(27)24-12-22-19-17(18(24)23-25)14-8-4-5-9-15(14)28-19/h1-3,6-7,12H,4-5,8-11H2,(H,21,26). The van der Waals surface area contributed by atoms with E-state index in [0.29, 0.717) is 12.2 Å². The van der Waals surface area contributed by atoms with Crippen LogP contribution in [0.25, 0.3) is 15.9 Å². The molecule has 7 nitrogen and oxygen atoms in total. The monoisotopic (exact) mass is 393 g/mol. The molecule has 3 aromatic heterocycles. The Morgan fingerprint density at radius 3 is 2.86 bits per heavy atom. The van der Waals surface area contributed by atoms with Crippen LogP contribution in [0.5, 0.6) is 0 Å². The van der Waals surface area contributed by atoms with E-state index in [1.165, 1.54) is 32.3 Å². The van der Waals surface area contributed by atoms with Gasteiger partial charge in [-0.3, -0.25) is 4.79 Å². The Labute approximate surface area is 164 Å². The van der Waals surface area contributed by atoms with Gasteiger partial charge in [-0.25, -0.2) is 18.9 Å². The number of aromatic nitrogens is 4. The number of rotatable bonds is 4. The lowest BCUT2D eigenvalue weighted by atomic mass is 9.97. The summed E-state index contributed by atoms with van der Waals surface area (Å²) in [5.41, 5.74) is 2.55. The molecule has 28 heavy (non-hydrogen) atoms. The van der Waals surface area contributed by atoms with Gasteiger partial charge in [0.05, 0.1) is 5.39 Å². The molecule has 0 spiro atoms. The summed E-state index contributed by atoms with van der Waals surface area (Å²) in [6, 6.07) is 9.67. The molecule has 1 N–H and O–H groups in total. The highest BCUT2D eigenvalue weighted by Gasteiger charge is 2.21. The van der Waals surface area contributed by atoms with Crippen LogP contribution in [-0.2, 0) is 30.7 Å². The molecule has 0 bridgehead atoms. The van der Waals surface area contributed by atoms with Gasteiger partial charge in [-0.15, -0.1) is 16.4 Å². The Bertz CT molecular complexity index is 1240. The molecule has 1 aromatic carbocycles. The number of thiophene rings is 1. The van der Waals surface area contributed by atoms with E-state index >= 15 is 0 Å². The summed E-state index contributed by atoms with van der Waals surface area (Å²) in [7, 11) is 0. The lowest BCUT2D eigenvalue weighted by molar-refractivity contribution is -0.122. The quantitative estimate of drug-likeness (QED) is 0.577.